The molecular formula is C22H27NO4. The zero-order valence-corrected chi connectivity index (χ0v) is 16.7. The van der Waals surface area contributed by atoms with Gasteiger partial charge in [-0.15, -0.1) is 0 Å². The Kier molecular flexibility index (Phi) is 5.31. The van der Waals surface area contributed by atoms with Gasteiger partial charge in [-0.2, -0.15) is 0 Å². The molecule has 0 saturated heterocycles. The number of carbonyl (C=O) groups excluding carboxylic acids is 1. The largest absolute Gasteiger partial charge is 0.497 e. The van der Waals surface area contributed by atoms with Crippen LogP contribution in [0.5, 0.6) is 17.2 Å². The second-order valence-corrected chi connectivity index (χ2v) is 7.31. The SMILES string of the molecule is COc1ccc(C(C)(C)C(=O)N2CCc3cc(OC)c(OC)cc3C2)cc1. The minimum atomic E-state index is -0.611. The Bertz CT molecular complexity index is 827. The van der Waals surface area contributed by atoms with Crippen molar-refractivity contribution in [2.24, 2.45) is 0 Å². The molecule has 5 nitrogen and oxygen atoms in total. The van der Waals surface area contributed by atoms with Gasteiger partial charge in [0.2, 0.25) is 5.91 Å². The molecule has 1 heterocycles. The summed E-state index contributed by atoms with van der Waals surface area (Å²) in [4.78, 5) is 15.2. The lowest BCUT2D eigenvalue weighted by atomic mass is 9.82. The first-order valence-electron chi connectivity index (χ1n) is 9.08. The number of methoxy groups -OCH3 is 3. The summed E-state index contributed by atoms with van der Waals surface area (Å²) in [7, 11) is 4.91. The molecule has 0 fully saturated rings. The first-order chi connectivity index (χ1) is 12.9. The van der Waals surface area contributed by atoms with E-state index in [1.165, 1.54) is 5.56 Å². The Labute approximate surface area is 160 Å². The van der Waals surface area contributed by atoms with Gasteiger partial charge in [0.25, 0.3) is 0 Å². The third kappa shape index (κ3) is 3.59. The number of hydrogen-bond donors (Lipinski definition) is 0. The molecule has 0 aliphatic carbocycles. The van der Waals surface area contributed by atoms with Crippen LogP contribution in [0.15, 0.2) is 36.4 Å². The fraction of sp³-hybridized carbons (Fsp3) is 0.409. The van der Waals surface area contributed by atoms with E-state index in [-0.39, 0.29) is 5.91 Å². The average Bonchev–Trinajstić information content (AvgIpc) is 2.71. The zero-order chi connectivity index (χ0) is 19.6. The average molecular weight is 369 g/mol. The van der Waals surface area contributed by atoms with Gasteiger partial charge in [0, 0.05) is 13.1 Å². The molecular weight excluding hydrogens is 342 g/mol. The predicted octanol–water partition coefficient (Wildman–Crippen LogP) is 3.57. The van der Waals surface area contributed by atoms with Crippen molar-refractivity contribution >= 4 is 5.91 Å². The van der Waals surface area contributed by atoms with E-state index in [1.54, 1.807) is 21.3 Å². The fourth-order valence-electron chi connectivity index (χ4n) is 3.58. The minimum absolute atomic E-state index is 0.119. The van der Waals surface area contributed by atoms with E-state index in [0.717, 1.165) is 29.0 Å². The smallest absolute Gasteiger partial charge is 0.232 e. The Morgan fingerprint density at radius 3 is 2.07 bits per heavy atom. The molecule has 0 N–H and O–H groups in total. The molecule has 144 valence electrons. The van der Waals surface area contributed by atoms with Crippen LogP contribution in [0.1, 0.15) is 30.5 Å². The lowest BCUT2D eigenvalue weighted by Gasteiger charge is -2.36. The van der Waals surface area contributed by atoms with E-state index in [9.17, 15) is 4.79 Å². The number of hydrogen-bond acceptors (Lipinski definition) is 4. The van der Waals surface area contributed by atoms with Gasteiger partial charge < -0.3 is 19.1 Å². The fourth-order valence-corrected chi connectivity index (χ4v) is 3.58. The lowest BCUT2D eigenvalue weighted by molar-refractivity contribution is -0.137. The molecule has 1 aliphatic heterocycles. The summed E-state index contributed by atoms with van der Waals surface area (Å²) in [6.07, 6.45) is 0.806. The van der Waals surface area contributed by atoms with Crippen molar-refractivity contribution in [2.75, 3.05) is 27.9 Å². The van der Waals surface area contributed by atoms with Crippen LogP contribution in [0.3, 0.4) is 0 Å². The third-order valence-corrected chi connectivity index (χ3v) is 5.35. The molecule has 2 aromatic carbocycles. The number of ether oxygens (including phenoxy) is 3. The summed E-state index contributed by atoms with van der Waals surface area (Å²) >= 11 is 0. The normalized spacial score (nSPS) is 13.7. The summed E-state index contributed by atoms with van der Waals surface area (Å²) in [5.41, 5.74) is 2.68. The predicted molar refractivity (Wildman–Crippen MR) is 105 cm³/mol. The lowest BCUT2D eigenvalue weighted by Crippen LogP contribution is -2.45. The van der Waals surface area contributed by atoms with Crippen LogP contribution in [0.4, 0.5) is 0 Å². The van der Waals surface area contributed by atoms with Crippen LogP contribution < -0.4 is 14.2 Å². The van der Waals surface area contributed by atoms with Crippen molar-refractivity contribution in [1.29, 1.82) is 0 Å². The van der Waals surface area contributed by atoms with Crippen molar-refractivity contribution in [3.8, 4) is 17.2 Å². The topological polar surface area (TPSA) is 48.0 Å². The number of rotatable bonds is 5. The highest BCUT2D eigenvalue weighted by Crippen LogP contribution is 2.35. The highest BCUT2D eigenvalue weighted by molar-refractivity contribution is 5.87. The molecule has 1 amide bonds. The van der Waals surface area contributed by atoms with Crippen molar-refractivity contribution in [1.82, 2.24) is 4.90 Å². The van der Waals surface area contributed by atoms with Crippen LogP contribution in [0.2, 0.25) is 0 Å². The number of carbonyl (C=O) groups is 1. The maximum absolute atomic E-state index is 13.3. The van der Waals surface area contributed by atoms with E-state index in [1.807, 2.05) is 55.1 Å². The number of nitrogens with zero attached hydrogens (tertiary/aromatic N) is 1. The number of amides is 1. The van der Waals surface area contributed by atoms with Gasteiger partial charge in [-0.3, -0.25) is 4.79 Å². The van der Waals surface area contributed by atoms with Gasteiger partial charge in [-0.1, -0.05) is 12.1 Å². The second-order valence-electron chi connectivity index (χ2n) is 7.31. The molecule has 0 spiro atoms. The van der Waals surface area contributed by atoms with E-state index >= 15 is 0 Å². The maximum Gasteiger partial charge on any atom is 0.232 e. The van der Waals surface area contributed by atoms with E-state index < -0.39 is 5.41 Å². The minimum Gasteiger partial charge on any atom is -0.497 e. The molecule has 5 heteroatoms. The van der Waals surface area contributed by atoms with Crippen molar-refractivity contribution in [3.63, 3.8) is 0 Å². The molecule has 3 rings (SSSR count). The first-order valence-corrected chi connectivity index (χ1v) is 9.08. The van der Waals surface area contributed by atoms with E-state index in [4.69, 9.17) is 14.2 Å². The van der Waals surface area contributed by atoms with Crippen LogP contribution in [-0.2, 0) is 23.2 Å². The molecule has 0 unspecified atom stereocenters. The van der Waals surface area contributed by atoms with Crippen LogP contribution >= 0.6 is 0 Å². The van der Waals surface area contributed by atoms with Gasteiger partial charge in [-0.25, -0.2) is 0 Å². The van der Waals surface area contributed by atoms with Gasteiger partial charge in [-0.05, 0) is 61.2 Å². The molecule has 0 bridgehead atoms. The molecule has 27 heavy (non-hydrogen) atoms. The quantitative estimate of drug-likeness (QED) is 0.808. The summed E-state index contributed by atoms with van der Waals surface area (Å²) in [5.74, 6) is 2.33. The van der Waals surface area contributed by atoms with Gasteiger partial charge in [0.1, 0.15) is 5.75 Å². The first kappa shape index (κ1) is 19.1. The van der Waals surface area contributed by atoms with Gasteiger partial charge in [0.05, 0.1) is 26.7 Å². The van der Waals surface area contributed by atoms with Crippen LogP contribution in [0, 0.1) is 0 Å². The van der Waals surface area contributed by atoms with Gasteiger partial charge >= 0.3 is 0 Å². The van der Waals surface area contributed by atoms with Crippen LogP contribution in [0.25, 0.3) is 0 Å². The maximum atomic E-state index is 13.3. The Balaban J connectivity index is 1.83. The molecule has 0 radical (unpaired) electrons. The Morgan fingerprint density at radius 2 is 1.52 bits per heavy atom. The standard InChI is InChI=1S/C22H27NO4/c1-22(2,17-6-8-18(25-3)9-7-17)21(24)23-11-10-15-12-19(26-4)20(27-5)13-16(15)14-23/h6-9,12-13H,10-11,14H2,1-5H3. The van der Waals surface area contributed by atoms with E-state index in [0.29, 0.717) is 18.8 Å². The van der Waals surface area contributed by atoms with E-state index in [2.05, 4.69) is 0 Å². The molecule has 0 atom stereocenters. The molecule has 0 saturated carbocycles. The highest BCUT2D eigenvalue weighted by Gasteiger charge is 2.35. The van der Waals surface area contributed by atoms with Crippen molar-refractivity contribution in [3.05, 3.63) is 53.1 Å². The summed E-state index contributed by atoms with van der Waals surface area (Å²) in [6.45, 7) is 5.22. The number of fused-ring (bicyclic) bond motifs is 1. The number of benzene rings is 2. The molecule has 1 aliphatic rings. The second kappa shape index (κ2) is 7.51. The summed E-state index contributed by atoms with van der Waals surface area (Å²) < 4.78 is 16.0. The van der Waals surface area contributed by atoms with Crippen LogP contribution in [-0.4, -0.2) is 38.7 Å². The molecule has 0 aromatic heterocycles. The van der Waals surface area contributed by atoms with Gasteiger partial charge in [0.15, 0.2) is 11.5 Å². The molecule has 2 aromatic rings. The zero-order valence-electron chi connectivity index (χ0n) is 16.7. The summed E-state index contributed by atoms with van der Waals surface area (Å²) in [6, 6.07) is 11.7. The Hall–Kier alpha value is -2.69. The highest BCUT2D eigenvalue weighted by atomic mass is 16.5. The van der Waals surface area contributed by atoms with Crippen molar-refractivity contribution < 1.29 is 19.0 Å². The Morgan fingerprint density at radius 1 is 0.926 bits per heavy atom. The monoisotopic (exact) mass is 369 g/mol. The summed E-state index contributed by atoms with van der Waals surface area (Å²) in [5, 5.41) is 0. The third-order valence-electron chi connectivity index (χ3n) is 5.35. The van der Waals surface area contributed by atoms with Crippen molar-refractivity contribution in [2.45, 2.75) is 32.2 Å².